The van der Waals surface area contributed by atoms with Crippen LogP contribution in [0.3, 0.4) is 0 Å². The maximum absolute atomic E-state index is 12.0. The molecule has 1 aromatic carbocycles. The molecule has 1 atom stereocenters. The summed E-state index contributed by atoms with van der Waals surface area (Å²) in [6, 6.07) is 6.51. The topological polar surface area (TPSA) is 61.6 Å². The normalized spacial score (nSPS) is 23.2. The molecule has 0 aliphatic carbocycles. The van der Waals surface area contributed by atoms with Crippen molar-refractivity contribution in [3.05, 3.63) is 23.8 Å². The Morgan fingerprint density at radius 3 is 3.14 bits per heavy atom. The van der Waals surface area contributed by atoms with Crippen LogP contribution in [0.15, 0.2) is 22.6 Å². The summed E-state index contributed by atoms with van der Waals surface area (Å²) in [5, 5.41) is 2.93. The molecular formula is C15H18N4O2. The highest BCUT2D eigenvalue weighted by Gasteiger charge is 2.36. The summed E-state index contributed by atoms with van der Waals surface area (Å²) in [5.74, 6) is 0.109. The molecule has 0 unspecified atom stereocenters. The number of aromatic nitrogens is 1. The van der Waals surface area contributed by atoms with Gasteiger partial charge in [0.1, 0.15) is 11.6 Å². The lowest BCUT2D eigenvalue weighted by Crippen LogP contribution is -2.64. The number of nitrogens with zero attached hydrogens (tertiary/aromatic N) is 3. The summed E-state index contributed by atoms with van der Waals surface area (Å²) in [6.07, 6.45) is 0. The van der Waals surface area contributed by atoms with Crippen molar-refractivity contribution in [2.75, 3.05) is 37.6 Å². The Kier molecular flexibility index (Phi) is 2.85. The van der Waals surface area contributed by atoms with Crippen molar-refractivity contribution in [3.8, 4) is 0 Å². The first-order chi connectivity index (χ1) is 10.2. The predicted molar refractivity (Wildman–Crippen MR) is 79.3 cm³/mol. The van der Waals surface area contributed by atoms with Crippen LogP contribution < -0.4 is 10.2 Å². The molecule has 0 bridgehead atoms. The maximum atomic E-state index is 12.0. The van der Waals surface area contributed by atoms with Crippen molar-refractivity contribution >= 4 is 23.0 Å². The van der Waals surface area contributed by atoms with E-state index < -0.39 is 0 Å². The zero-order valence-electron chi connectivity index (χ0n) is 12.0. The number of piperazine rings is 2. The van der Waals surface area contributed by atoms with Gasteiger partial charge in [-0.3, -0.25) is 9.69 Å². The van der Waals surface area contributed by atoms with Gasteiger partial charge in [0.2, 0.25) is 5.91 Å². The van der Waals surface area contributed by atoms with Gasteiger partial charge in [-0.25, -0.2) is 0 Å². The van der Waals surface area contributed by atoms with E-state index in [1.807, 2.05) is 25.1 Å². The molecule has 2 fully saturated rings. The highest BCUT2D eigenvalue weighted by molar-refractivity contribution is 5.83. The minimum atomic E-state index is -0.0933. The van der Waals surface area contributed by atoms with E-state index in [4.69, 9.17) is 4.42 Å². The Morgan fingerprint density at radius 2 is 2.24 bits per heavy atom. The number of oxazole rings is 1. The molecule has 110 valence electrons. The summed E-state index contributed by atoms with van der Waals surface area (Å²) in [6.45, 7) is 6.07. The first kappa shape index (κ1) is 12.6. The Morgan fingerprint density at radius 1 is 1.33 bits per heavy atom. The van der Waals surface area contributed by atoms with Crippen LogP contribution in [0, 0.1) is 6.92 Å². The number of aryl methyl sites for hydroxylation is 1. The molecule has 1 N–H and O–H groups in total. The lowest BCUT2D eigenvalue weighted by molar-refractivity contribution is -0.129. The molecular weight excluding hydrogens is 268 g/mol. The summed E-state index contributed by atoms with van der Waals surface area (Å²) in [5.41, 5.74) is 2.84. The average molecular weight is 286 g/mol. The van der Waals surface area contributed by atoms with Crippen LogP contribution in [0.2, 0.25) is 0 Å². The lowest BCUT2D eigenvalue weighted by Gasteiger charge is -2.42. The van der Waals surface area contributed by atoms with E-state index >= 15 is 0 Å². The van der Waals surface area contributed by atoms with Gasteiger partial charge in [-0.1, -0.05) is 6.07 Å². The molecule has 0 radical (unpaired) electrons. The monoisotopic (exact) mass is 286 g/mol. The molecule has 0 spiro atoms. The van der Waals surface area contributed by atoms with Gasteiger partial charge in [0, 0.05) is 32.7 Å². The second-order valence-corrected chi connectivity index (χ2v) is 5.76. The van der Waals surface area contributed by atoms with E-state index in [-0.39, 0.29) is 11.9 Å². The van der Waals surface area contributed by atoms with E-state index in [2.05, 4.69) is 20.1 Å². The fourth-order valence-electron chi connectivity index (χ4n) is 3.11. The number of hydrogen-bond donors (Lipinski definition) is 1. The second kappa shape index (κ2) is 4.73. The summed E-state index contributed by atoms with van der Waals surface area (Å²) < 4.78 is 5.84. The number of anilines is 1. The van der Waals surface area contributed by atoms with Gasteiger partial charge in [-0.2, -0.15) is 4.98 Å². The van der Waals surface area contributed by atoms with Gasteiger partial charge in [-0.15, -0.1) is 0 Å². The van der Waals surface area contributed by atoms with Gasteiger partial charge in [0.15, 0.2) is 5.58 Å². The Bertz CT molecular complexity index is 696. The number of carbonyl (C=O) groups is 1. The van der Waals surface area contributed by atoms with E-state index in [0.717, 1.165) is 37.3 Å². The largest absolute Gasteiger partial charge is 0.423 e. The Hall–Kier alpha value is -2.08. The fourth-order valence-corrected chi connectivity index (χ4v) is 3.11. The minimum absolute atomic E-state index is 0.0933. The van der Waals surface area contributed by atoms with Gasteiger partial charge in [-0.05, 0) is 24.6 Å². The molecule has 3 heterocycles. The van der Waals surface area contributed by atoms with Crippen molar-refractivity contribution in [1.29, 1.82) is 0 Å². The molecule has 6 nitrogen and oxygen atoms in total. The maximum Gasteiger partial charge on any atom is 0.298 e. The highest BCUT2D eigenvalue weighted by atomic mass is 16.4. The smallest absolute Gasteiger partial charge is 0.298 e. The van der Waals surface area contributed by atoms with Crippen molar-refractivity contribution in [2.24, 2.45) is 0 Å². The quantitative estimate of drug-likeness (QED) is 0.838. The third-order valence-electron chi connectivity index (χ3n) is 4.29. The third kappa shape index (κ3) is 2.15. The molecule has 2 saturated heterocycles. The molecule has 4 rings (SSSR count). The highest BCUT2D eigenvalue weighted by Crippen LogP contribution is 2.25. The number of hydrogen-bond acceptors (Lipinski definition) is 5. The molecule has 2 aliphatic rings. The lowest BCUT2D eigenvalue weighted by atomic mass is 10.1. The van der Waals surface area contributed by atoms with Gasteiger partial charge < -0.3 is 14.6 Å². The van der Waals surface area contributed by atoms with Gasteiger partial charge in [0.25, 0.3) is 6.01 Å². The van der Waals surface area contributed by atoms with Crippen molar-refractivity contribution in [3.63, 3.8) is 0 Å². The molecule has 6 heteroatoms. The second-order valence-electron chi connectivity index (χ2n) is 5.76. The first-order valence-electron chi connectivity index (χ1n) is 7.34. The number of amides is 1. The molecule has 21 heavy (non-hydrogen) atoms. The number of nitrogens with one attached hydrogen (secondary N) is 1. The molecule has 2 aromatic rings. The molecule has 0 saturated carbocycles. The predicted octanol–water partition coefficient (Wildman–Crippen LogP) is 0.757. The van der Waals surface area contributed by atoms with E-state index in [1.165, 1.54) is 5.56 Å². The summed E-state index contributed by atoms with van der Waals surface area (Å²) in [7, 11) is 0. The van der Waals surface area contributed by atoms with E-state index in [0.29, 0.717) is 12.6 Å². The standard InChI is InChI=1S/C15H18N4O2/c1-10-2-3-13-11(8-10)17-15(21-13)19-7-6-18-5-4-16-14(20)12(18)9-19/h2-3,8,12H,4-7,9H2,1H3,(H,16,20)/t12-/m1/s1. The zero-order chi connectivity index (χ0) is 14.4. The third-order valence-corrected chi connectivity index (χ3v) is 4.29. The fraction of sp³-hybridized carbons (Fsp3) is 0.467. The SMILES string of the molecule is Cc1ccc2oc(N3CCN4CCNC(=O)[C@H]4C3)nc2c1. The first-order valence-corrected chi connectivity index (χ1v) is 7.34. The minimum Gasteiger partial charge on any atom is -0.423 e. The van der Waals surface area contributed by atoms with Crippen LogP contribution in [0.1, 0.15) is 5.56 Å². The number of carbonyl (C=O) groups excluding carboxylic acids is 1. The van der Waals surface area contributed by atoms with Gasteiger partial charge in [0.05, 0.1) is 0 Å². The summed E-state index contributed by atoms with van der Waals surface area (Å²) >= 11 is 0. The zero-order valence-corrected chi connectivity index (χ0v) is 12.0. The molecule has 1 aromatic heterocycles. The van der Waals surface area contributed by atoms with Crippen LogP contribution in [-0.4, -0.2) is 54.6 Å². The van der Waals surface area contributed by atoms with E-state index in [9.17, 15) is 4.79 Å². The Labute approximate surface area is 122 Å². The molecule has 2 aliphatic heterocycles. The molecule has 1 amide bonds. The van der Waals surface area contributed by atoms with E-state index in [1.54, 1.807) is 0 Å². The summed E-state index contributed by atoms with van der Waals surface area (Å²) in [4.78, 5) is 20.9. The Balaban J connectivity index is 1.61. The van der Waals surface area contributed by atoms with Crippen LogP contribution in [0.25, 0.3) is 11.1 Å². The van der Waals surface area contributed by atoms with Crippen molar-refractivity contribution in [1.82, 2.24) is 15.2 Å². The van der Waals surface area contributed by atoms with Crippen LogP contribution in [-0.2, 0) is 4.79 Å². The number of benzene rings is 1. The van der Waals surface area contributed by atoms with Crippen molar-refractivity contribution in [2.45, 2.75) is 13.0 Å². The number of fused-ring (bicyclic) bond motifs is 2. The number of rotatable bonds is 1. The van der Waals surface area contributed by atoms with Gasteiger partial charge >= 0.3 is 0 Å². The van der Waals surface area contributed by atoms with Crippen LogP contribution >= 0.6 is 0 Å². The van der Waals surface area contributed by atoms with Crippen molar-refractivity contribution < 1.29 is 9.21 Å². The van der Waals surface area contributed by atoms with Crippen LogP contribution in [0.4, 0.5) is 6.01 Å². The average Bonchev–Trinajstić information content (AvgIpc) is 2.90. The van der Waals surface area contributed by atoms with Crippen LogP contribution in [0.5, 0.6) is 0 Å².